The zero-order chi connectivity index (χ0) is 15.2. The number of halogens is 2. The Morgan fingerprint density at radius 2 is 1.76 bits per heavy atom. The minimum Gasteiger partial charge on any atom is -0.373 e. The minimum atomic E-state index is -2.76. The average Bonchev–Trinajstić information content (AvgIpc) is 2.67. The second-order valence-corrected chi connectivity index (χ2v) is 7.37. The first-order chi connectivity index (χ1) is 9.88. The van der Waals surface area contributed by atoms with Gasteiger partial charge in [0.25, 0.3) is 5.92 Å². The average molecular weight is 302 g/mol. The molecule has 21 heavy (non-hydrogen) atoms. The van der Waals surface area contributed by atoms with Gasteiger partial charge in [-0.1, -0.05) is 0 Å². The van der Waals surface area contributed by atoms with E-state index in [0.717, 1.165) is 12.8 Å². The van der Waals surface area contributed by atoms with Crippen LogP contribution in [0.25, 0.3) is 0 Å². The van der Waals surface area contributed by atoms with E-state index >= 15 is 0 Å². The summed E-state index contributed by atoms with van der Waals surface area (Å²) in [6.45, 7) is 4.48. The fraction of sp³-hybridized carbons (Fsp3) is 1.00. The lowest BCUT2D eigenvalue weighted by atomic mass is 9.88. The third-order valence-corrected chi connectivity index (χ3v) is 5.60. The highest BCUT2D eigenvalue weighted by Crippen LogP contribution is 2.40. The Morgan fingerprint density at radius 3 is 2.33 bits per heavy atom. The predicted octanol–water partition coefficient (Wildman–Crippen LogP) is 2.92. The van der Waals surface area contributed by atoms with Gasteiger partial charge in [-0.2, -0.15) is 0 Å². The van der Waals surface area contributed by atoms with Crippen LogP contribution in [0.4, 0.5) is 8.78 Å². The molecule has 1 saturated carbocycles. The molecule has 0 spiro atoms. The van der Waals surface area contributed by atoms with Gasteiger partial charge >= 0.3 is 0 Å². The van der Waals surface area contributed by atoms with E-state index < -0.39 is 18.1 Å². The van der Waals surface area contributed by atoms with Crippen LogP contribution >= 0.6 is 0 Å². The van der Waals surface area contributed by atoms with Crippen molar-refractivity contribution >= 4 is 0 Å². The fourth-order valence-corrected chi connectivity index (χ4v) is 4.67. The van der Waals surface area contributed by atoms with Crippen molar-refractivity contribution in [2.24, 2.45) is 5.73 Å². The number of rotatable bonds is 3. The first-order valence-corrected chi connectivity index (χ1v) is 8.45. The standard InChI is InChI=1S/C16H28F2N2O/c1-10(2)20-11-5-6-12(20)9-13(8-11)21-14-4-3-7-16(17,18)15(14)19/h10-15H,3-9,19H2,1-2H3. The molecule has 4 atom stereocenters. The van der Waals surface area contributed by atoms with Crippen LogP contribution in [-0.4, -0.2) is 47.2 Å². The van der Waals surface area contributed by atoms with E-state index in [9.17, 15) is 8.78 Å². The summed E-state index contributed by atoms with van der Waals surface area (Å²) in [4.78, 5) is 2.59. The van der Waals surface area contributed by atoms with Gasteiger partial charge in [0.15, 0.2) is 0 Å². The molecule has 4 unspecified atom stereocenters. The van der Waals surface area contributed by atoms with E-state index in [0.29, 0.717) is 31.0 Å². The maximum Gasteiger partial charge on any atom is 0.265 e. The molecule has 3 fully saturated rings. The molecule has 0 aromatic carbocycles. The van der Waals surface area contributed by atoms with Gasteiger partial charge in [-0.3, -0.25) is 4.90 Å². The van der Waals surface area contributed by atoms with Gasteiger partial charge < -0.3 is 10.5 Å². The summed E-state index contributed by atoms with van der Waals surface area (Å²) in [6, 6.07) is 0.555. The highest BCUT2D eigenvalue weighted by Gasteiger charge is 2.48. The topological polar surface area (TPSA) is 38.5 Å². The normalized spacial score (nSPS) is 43.4. The largest absolute Gasteiger partial charge is 0.373 e. The Morgan fingerprint density at radius 1 is 1.14 bits per heavy atom. The molecule has 5 heteroatoms. The summed E-state index contributed by atoms with van der Waals surface area (Å²) >= 11 is 0. The van der Waals surface area contributed by atoms with Crippen molar-refractivity contribution in [3.05, 3.63) is 0 Å². The summed E-state index contributed by atoms with van der Waals surface area (Å²) < 4.78 is 33.5. The van der Waals surface area contributed by atoms with Crippen molar-refractivity contribution < 1.29 is 13.5 Å². The van der Waals surface area contributed by atoms with Crippen LogP contribution in [0.2, 0.25) is 0 Å². The van der Waals surface area contributed by atoms with E-state index in [1.165, 1.54) is 12.8 Å². The molecule has 0 amide bonds. The van der Waals surface area contributed by atoms with Crippen LogP contribution in [0.15, 0.2) is 0 Å². The van der Waals surface area contributed by atoms with E-state index in [4.69, 9.17) is 10.5 Å². The van der Waals surface area contributed by atoms with E-state index in [1.54, 1.807) is 0 Å². The monoisotopic (exact) mass is 302 g/mol. The van der Waals surface area contributed by atoms with Gasteiger partial charge in [-0.25, -0.2) is 8.78 Å². The number of fused-ring (bicyclic) bond motifs is 2. The van der Waals surface area contributed by atoms with Gasteiger partial charge in [0.2, 0.25) is 0 Å². The number of alkyl halides is 2. The van der Waals surface area contributed by atoms with Crippen molar-refractivity contribution in [1.29, 1.82) is 0 Å². The van der Waals surface area contributed by atoms with Crippen LogP contribution in [0, 0.1) is 0 Å². The highest BCUT2D eigenvalue weighted by atomic mass is 19.3. The van der Waals surface area contributed by atoms with Crippen LogP contribution in [0.5, 0.6) is 0 Å². The number of nitrogens with two attached hydrogens (primary N) is 1. The molecule has 1 aliphatic carbocycles. The minimum absolute atomic E-state index is 0.0922. The first-order valence-electron chi connectivity index (χ1n) is 8.45. The van der Waals surface area contributed by atoms with Gasteiger partial charge in [0.1, 0.15) is 0 Å². The van der Waals surface area contributed by atoms with Crippen molar-refractivity contribution in [2.45, 2.75) is 101 Å². The Hall–Kier alpha value is -0.260. The van der Waals surface area contributed by atoms with Gasteiger partial charge in [-0.15, -0.1) is 0 Å². The fourth-order valence-electron chi connectivity index (χ4n) is 4.67. The van der Waals surface area contributed by atoms with Gasteiger partial charge in [0, 0.05) is 24.5 Å². The highest BCUT2D eigenvalue weighted by molar-refractivity contribution is 4.98. The number of nitrogens with zero attached hydrogens (tertiary/aromatic N) is 1. The Balaban J connectivity index is 1.60. The molecular formula is C16H28F2N2O. The van der Waals surface area contributed by atoms with Gasteiger partial charge in [0.05, 0.1) is 18.2 Å². The number of hydrogen-bond donors (Lipinski definition) is 1. The molecule has 2 N–H and O–H groups in total. The second kappa shape index (κ2) is 5.74. The summed E-state index contributed by atoms with van der Waals surface area (Å²) in [5, 5.41) is 0. The van der Waals surface area contributed by atoms with E-state index in [1.807, 2.05) is 0 Å². The summed E-state index contributed by atoms with van der Waals surface area (Å²) in [5.41, 5.74) is 5.75. The molecule has 3 rings (SSSR count). The van der Waals surface area contributed by atoms with Gasteiger partial charge in [-0.05, 0) is 52.4 Å². The SMILES string of the molecule is CC(C)N1C2CCC1CC(OC1CCCC(F)(F)C1N)C2. The zero-order valence-electron chi connectivity index (χ0n) is 13.1. The predicted molar refractivity (Wildman–Crippen MR) is 78.5 cm³/mol. The van der Waals surface area contributed by atoms with Crippen molar-refractivity contribution in [2.75, 3.05) is 0 Å². The Kier molecular flexibility index (Phi) is 4.27. The van der Waals surface area contributed by atoms with Crippen molar-refractivity contribution in [3.8, 4) is 0 Å². The maximum absolute atomic E-state index is 13.7. The maximum atomic E-state index is 13.7. The molecule has 2 aliphatic heterocycles. The molecule has 3 nitrogen and oxygen atoms in total. The number of hydrogen-bond acceptors (Lipinski definition) is 3. The van der Waals surface area contributed by atoms with E-state index in [-0.39, 0.29) is 12.5 Å². The molecule has 3 aliphatic rings. The number of piperidine rings is 1. The lowest BCUT2D eigenvalue weighted by Gasteiger charge is -2.44. The molecule has 2 bridgehead atoms. The molecule has 122 valence electrons. The summed E-state index contributed by atoms with van der Waals surface area (Å²) in [6.07, 6.45) is 5.13. The number of ether oxygens (including phenoxy) is 1. The van der Waals surface area contributed by atoms with Crippen molar-refractivity contribution in [1.82, 2.24) is 4.90 Å². The third-order valence-electron chi connectivity index (χ3n) is 5.60. The second-order valence-electron chi connectivity index (χ2n) is 7.37. The molecular weight excluding hydrogens is 274 g/mol. The smallest absolute Gasteiger partial charge is 0.265 e. The lowest BCUT2D eigenvalue weighted by molar-refractivity contribution is -0.145. The third kappa shape index (κ3) is 2.97. The molecule has 0 aromatic rings. The van der Waals surface area contributed by atoms with Crippen LogP contribution in [-0.2, 0) is 4.74 Å². The van der Waals surface area contributed by atoms with E-state index in [2.05, 4.69) is 18.7 Å². The van der Waals surface area contributed by atoms with Crippen LogP contribution < -0.4 is 5.73 Å². The van der Waals surface area contributed by atoms with Crippen LogP contribution in [0.1, 0.15) is 58.8 Å². The molecule has 2 saturated heterocycles. The lowest BCUT2D eigenvalue weighted by Crippen LogP contribution is -2.56. The summed E-state index contributed by atoms with van der Waals surface area (Å²) in [7, 11) is 0. The molecule has 2 heterocycles. The summed E-state index contributed by atoms with van der Waals surface area (Å²) in [5.74, 6) is -2.76. The van der Waals surface area contributed by atoms with Crippen molar-refractivity contribution in [3.63, 3.8) is 0 Å². The molecule has 0 aromatic heterocycles. The Bertz CT molecular complexity index is 363. The Labute approximate surface area is 126 Å². The first kappa shape index (κ1) is 15.6. The molecule has 0 radical (unpaired) electrons. The van der Waals surface area contributed by atoms with Crippen LogP contribution in [0.3, 0.4) is 0 Å². The quantitative estimate of drug-likeness (QED) is 0.871. The zero-order valence-corrected chi connectivity index (χ0v) is 13.1.